The molecule has 0 bridgehead atoms. The lowest BCUT2D eigenvalue weighted by molar-refractivity contribution is -0.131. The van der Waals surface area contributed by atoms with Crippen molar-refractivity contribution in [3.05, 3.63) is 90.0 Å². The van der Waals surface area contributed by atoms with E-state index in [4.69, 9.17) is 4.98 Å². The zero-order valence-corrected chi connectivity index (χ0v) is 17.2. The smallest absolute Gasteiger partial charge is 0.227 e. The number of halogens is 1. The maximum atomic E-state index is 13.3. The lowest BCUT2D eigenvalue weighted by Crippen LogP contribution is -2.40. The van der Waals surface area contributed by atoms with Gasteiger partial charge in [-0.1, -0.05) is 24.3 Å². The number of H-pyrrole nitrogens is 1. The van der Waals surface area contributed by atoms with Crippen molar-refractivity contribution in [2.75, 3.05) is 13.1 Å². The highest BCUT2D eigenvalue weighted by Crippen LogP contribution is 2.28. The number of nitrogens with one attached hydrogen (secondary N) is 1. The standard InChI is InChI=1S/C26H24FN3O/c27-21-12-10-18(11-13-21)23-8-3-9-24(29-23)19-5-4-14-30(17-19)26(31)15-20-16-28-25-7-2-1-6-22(20)25/h1-3,6-13,16,19,28H,4-5,14-15,17H2. The number of para-hydroxylation sites is 1. The van der Waals surface area contributed by atoms with Crippen LogP contribution in [0.25, 0.3) is 22.2 Å². The number of likely N-dealkylation sites (tertiary alicyclic amines) is 1. The van der Waals surface area contributed by atoms with Crippen molar-refractivity contribution >= 4 is 16.8 Å². The highest BCUT2D eigenvalue weighted by atomic mass is 19.1. The number of rotatable bonds is 4. The van der Waals surface area contributed by atoms with E-state index in [1.54, 1.807) is 12.1 Å². The van der Waals surface area contributed by atoms with E-state index in [2.05, 4.69) is 11.1 Å². The zero-order valence-electron chi connectivity index (χ0n) is 17.2. The number of amides is 1. The molecule has 1 aliphatic rings. The molecule has 31 heavy (non-hydrogen) atoms. The van der Waals surface area contributed by atoms with Crippen LogP contribution in [-0.2, 0) is 11.2 Å². The molecular formula is C26H24FN3O. The van der Waals surface area contributed by atoms with Crippen LogP contribution in [0.4, 0.5) is 4.39 Å². The fraction of sp³-hybridized carbons (Fsp3) is 0.231. The normalized spacial score (nSPS) is 16.5. The molecular weight excluding hydrogens is 389 g/mol. The maximum Gasteiger partial charge on any atom is 0.227 e. The summed E-state index contributed by atoms with van der Waals surface area (Å²) in [4.78, 5) is 23.1. The minimum Gasteiger partial charge on any atom is -0.361 e. The monoisotopic (exact) mass is 413 g/mol. The average Bonchev–Trinajstić information content (AvgIpc) is 3.22. The molecule has 0 saturated carbocycles. The summed E-state index contributed by atoms with van der Waals surface area (Å²) in [5.74, 6) is 0.113. The minimum atomic E-state index is -0.253. The van der Waals surface area contributed by atoms with Gasteiger partial charge in [0.15, 0.2) is 0 Å². The largest absolute Gasteiger partial charge is 0.361 e. The van der Waals surface area contributed by atoms with Gasteiger partial charge >= 0.3 is 0 Å². The van der Waals surface area contributed by atoms with Crippen molar-refractivity contribution in [2.45, 2.75) is 25.2 Å². The Balaban J connectivity index is 1.31. The molecule has 156 valence electrons. The van der Waals surface area contributed by atoms with Gasteiger partial charge in [-0.15, -0.1) is 0 Å². The lowest BCUT2D eigenvalue weighted by atomic mass is 9.93. The average molecular weight is 413 g/mol. The highest BCUT2D eigenvalue weighted by Gasteiger charge is 2.26. The summed E-state index contributed by atoms with van der Waals surface area (Å²) < 4.78 is 13.3. The number of pyridine rings is 1. The first-order valence-corrected chi connectivity index (χ1v) is 10.7. The van der Waals surface area contributed by atoms with Crippen LogP contribution in [0, 0.1) is 5.82 Å². The topological polar surface area (TPSA) is 49.0 Å². The third kappa shape index (κ3) is 4.08. The number of hydrogen-bond acceptors (Lipinski definition) is 2. The highest BCUT2D eigenvalue weighted by molar-refractivity contribution is 5.89. The van der Waals surface area contributed by atoms with E-state index >= 15 is 0 Å². The molecule has 0 radical (unpaired) electrons. The summed E-state index contributed by atoms with van der Waals surface area (Å²) in [5, 5.41) is 1.11. The molecule has 0 aliphatic carbocycles. The Morgan fingerprint density at radius 3 is 2.77 bits per heavy atom. The quantitative estimate of drug-likeness (QED) is 0.492. The van der Waals surface area contributed by atoms with Crippen molar-refractivity contribution in [2.24, 2.45) is 0 Å². The van der Waals surface area contributed by atoms with E-state index in [0.29, 0.717) is 13.0 Å². The van der Waals surface area contributed by atoms with Crippen LogP contribution in [0.15, 0.2) is 72.9 Å². The Morgan fingerprint density at radius 2 is 1.90 bits per heavy atom. The van der Waals surface area contributed by atoms with Gasteiger partial charge in [-0.25, -0.2) is 4.39 Å². The molecule has 1 unspecified atom stereocenters. The van der Waals surface area contributed by atoms with Crippen molar-refractivity contribution in [3.63, 3.8) is 0 Å². The predicted molar refractivity (Wildman–Crippen MR) is 120 cm³/mol. The third-order valence-corrected chi connectivity index (χ3v) is 6.12. The Labute approximate surface area is 180 Å². The summed E-state index contributed by atoms with van der Waals surface area (Å²) in [6, 6.07) is 20.5. The number of hydrogen-bond donors (Lipinski definition) is 1. The Hall–Kier alpha value is -3.47. The predicted octanol–water partition coefficient (Wildman–Crippen LogP) is 5.32. The summed E-state index contributed by atoms with van der Waals surface area (Å²) in [5.41, 5.74) is 4.82. The van der Waals surface area contributed by atoms with E-state index in [9.17, 15) is 9.18 Å². The Kier molecular flexibility index (Phi) is 5.24. The van der Waals surface area contributed by atoms with Gasteiger partial charge in [-0.05, 0) is 60.9 Å². The molecule has 2 aromatic carbocycles. The molecule has 1 amide bonds. The van der Waals surface area contributed by atoms with Crippen molar-refractivity contribution < 1.29 is 9.18 Å². The molecule has 2 aromatic heterocycles. The number of aromatic nitrogens is 2. The van der Waals surface area contributed by atoms with E-state index in [0.717, 1.165) is 52.8 Å². The van der Waals surface area contributed by atoms with Crippen LogP contribution in [0.1, 0.15) is 30.0 Å². The van der Waals surface area contributed by atoms with Gasteiger partial charge < -0.3 is 9.88 Å². The molecule has 0 spiro atoms. The molecule has 3 heterocycles. The fourth-order valence-electron chi connectivity index (χ4n) is 4.46. The van der Waals surface area contributed by atoms with E-state index in [1.807, 2.05) is 47.5 Å². The molecule has 1 fully saturated rings. The van der Waals surface area contributed by atoms with Crippen molar-refractivity contribution in [1.29, 1.82) is 0 Å². The van der Waals surface area contributed by atoms with Crippen molar-refractivity contribution in [3.8, 4) is 11.3 Å². The molecule has 1 aliphatic heterocycles. The summed E-state index contributed by atoms with van der Waals surface area (Å²) in [6.07, 6.45) is 4.32. The fourth-order valence-corrected chi connectivity index (χ4v) is 4.46. The number of benzene rings is 2. The molecule has 4 aromatic rings. The van der Waals surface area contributed by atoms with Crippen LogP contribution in [0.3, 0.4) is 0 Å². The second-order valence-electron chi connectivity index (χ2n) is 8.17. The lowest BCUT2D eigenvalue weighted by Gasteiger charge is -2.32. The first-order valence-electron chi connectivity index (χ1n) is 10.7. The first kappa shape index (κ1) is 19.5. The Morgan fingerprint density at radius 1 is 1.06 bits per heavy atom. The van der Waals surface area contributed by atoms with Crippen molar-refractivity contribution in [1.82, 2.24) is 14.9 Å². The summed E-state index contributed by atoms with van der Waals surface area (Å²) >= 11 is 0. The molecule has 4 nitrogen and oxygen atoms in total. The second kappa shape index (κ2) is 8.34. The van der Waals surface area contributed by atoms with Gasteiger partial charge in [0, 0.05) is 47.4 Å². The number of fused-ring (bicyclic) bond motifs is 1. The molecule has 1 atom stereocenters. The maximum absolute atomic E-state index is 13.3. The Bertz CT molecular complexity index is 1210. The summed E-state index contributed by atoms with van der Waals surface area (Å²) in [7, 11) is 0. The van der Waals surface area contributed by atoms with Gasteiger partial charge in [0.05, 0.1) is 12.1 Å². The zero-order chi connectivity index (χ0) is 21.2. The molecule has 5 heteroatoms. The first-order chi connectivity index (χ1) is 15.2. The summed E-state index contributed by atoms with van der Waals surface area (Å²) in [6.45, 7) is 1.47. The molecule has 1 N–H and O–H groups in total. The van der Waals surface area contributed by atoms with Gasteiger partial charge in [0.2, 0.25) is 5.91 Å². The van der Waals surface area contributed by atoms with E-state index < -0.39 is 0 Å². The van der Waals surface area contributed by atoms with Crippen LogP contribution in [-0.4, -0.2) is 33.9 Å². The number of carbonyl (C=O) groups is 1. The molecule has 1 saturated heterocycles. The van der Waals surface area contributed by atoms with E-state index in [1.165, 1.54) is 12.1 Å². The van der Waals surface area contributed by atoms with Crippen LogP contribution < -0.4 is 0 Å². The number of aromatic amines is 1. The van der Waals surface area contributed by atoms with Crippen LogP contribution in [0.5, 0.6) is 0 Å². The van der Waals surface area contributed by atoms with Gasteiger partial charge in [0.25, 0.3) is 0 Å². The number of piperidine rings is 1. The second-order valence-corrected chi connectivity index (χ2v) is 8.17. The third-order valence-electron chi connectivity index (χ3n) is 6.12. The SMILES string of the molecule is O=C(Cc1c[nH]c2ccccc12)N1CCCC(c2cccc(-c3ccc(F)cc3)n2)C1. The molecule has 5 rings (SSSR count). The van der Waals surface area contributed by atoms with Crippen LogP contribution in [0.2, 0.25) is 0 Å². The minimum absolute atomic E-state index is 0.157. The number of nitrogens with zero attached hydrogens (tertiary/aromatic N) is 2. The van der Waals surface area contributed by atoms with Gasteiger partial charge in [-0.2, -0.15) is 0 Å². The van der Waals surface area contributed by atoms with E-state index in [-0.39, 0.29) is 17.6 Å². The van der Waals surface area contributed by atoms with Gasteiger partial charge in [0.1, 0.15) is 5.82 Å². The number of carbonyl (C=O) groups excluding carboxylic acids is 1. The van der Waals surface area contributed by atoms with Crippen LogP contribution >= 0.6 is 0 Å². The van der Waals surface area contributed by atoms with Gasteiger partial charge in [-0.3, -0.25) is 9.78 Å².